The normalized spacial score (nSPS) is 18.2. The lowest BCUT2D eigenvalue weighted by Crippen LogP contribution is -2.52. The van der Waals surface area contributed by atoms with Crippen LogP contribution in [0, 0.1) is 5.41 Å². The Labute approximate surface area is 247 Å². The number of ether oxygens (including phenoxy) is 2. The maximum absolute atomic E-state index is 14.4. The first-order valence-corrected chi connectivity index (χ1v) is 14.2. The number of amides is 4. The van der Waals surface area contributed by atoms with Crippen LogP contribution in [0.25, 0.3) is 0 Å². The van der Waals surface area contributed by atoms with Gasteiger partial charge in [0.1, 0.15) is 35.5 Å². The molecule has 14 heteroatoms. The summed E-state index contributed by atoms with van der Waals surface area (Å²) in [7, 11) is 0. The van der Waals surface area contributed by atoms with E-state index in [-0.39, 0.29) is 18.8 Å². The standard InChI is InChI=1S/C28H36FN5O7S/c1-28(2,3)41-27(39)33-25(30)17-12-19(42-16-17)13-32-26(38)23-24(37)20(29)15-34(23)22(36)14-31-21(35)10-7-11-40-18-8-5-4-6-9-18/h4-6,8-9,12,16,20,23-24,37H,7,10-11,13-15H2,1-3H3,(H,31,35)(H,32,38)(H2,30,33,39)/t20-,23-,24+/m0/s1. The number of nitrogens with one attached hydrogen (secondary N) is 4. The van der Waals surface area contributed by atoms with E-state index >= 15 is 0 Å². The summed E-state index contributed by atoms with van der Waals surface area (Å²) in [6.07, 6.45) is -3.82. The zero-order valence-corrected chi connectivity index (χ0v) is 24.5. The minimum absolute atomic E-state index is 0.0206. The summed E-state index contributed by atoms with van der Waals surface area (Å²) in [5, 5.41) is 27.3. The number of hydrogen-bond acceptors (Lipinski definition) is 9. The number of carbonyl (C=O) groups is 4. The Morgan fingerprint density at radius 3 is 2.57 bits per heavy atom. The summed E-state index contributed by atoms with van der Waals surface area (Å²) >= 11 is 1.21. The van der Waals surface area contributed by atoms with Gasteiger partial charge in [-0.15, -0.1) is 11.3 Å². The molecule has 2 heterocycles. The van der Waals surface area contributed by atoms with Gasteiger partial charge in [-0.2, -0.15) is 0 Å². The van der Waals surface area contributed by atoms with Crippen LogP contribution in [0.4, 0.5) is 9.18 Å². The summed E-state index contributed by atoms with van der Waals surface area (Å²) in [5.74, 6) is -1.38. The number of benzene rings is 1. The fourth-order valence-corrected chi connectivity index (χ4v) is 4.82. The minimum atomic E-state index is -1.83. The molecule has 1 aromatic heterocycles. The molecule has 1 aliphatic rings. The quantitative estimate of drug-likeness (QED) is 0.148. The van der Waals surface area contributed by atoms with E-state index in [1.807, 2.05) is 18.2 Å². The van der Waals surface area contributed by atoms with E-state index < -0.39 is 60.8 Å². The Morgan fingerprint density at radius 2 is 1.88 bits per heavy atom. The Kier molecular flexibility index (Phi) is 11.4. The van der Waals surface area contributed by atoms with Crippen molar-refractivity contribution in [2.24, 2.45) is 0 Å². The average molecular weight is 606 g/mol. The maximum Gasteiger partial charge on any atom is 0.413 e. The van der Waals surface area contributed by atoms with Crippen LogP contribution < -0.4 is 20.7 Å². The fraction of sp³-hybridized carbons (Fsp3) is 0.464. The van der Waals surface area contributed by atoms with Gasteiger partial charge in [-0.3, -0.25) is 25.1 Å². The van der Waals surface area contributed by atoms with E-state index in [0.29, 0.717) is 29.2 Å². The molecule has 228 valence electrons. The van der Waals surface area contributed by atoms with Crippen LogP contribution in [0.1, 0.15) is 44.1 Å². The molecule has 0 aliphatic carbocycles. The van der Waals surface area contributed by atoms with Crippen molar-refractivity contribution in [2.75, 3.05) is 19.7 Å². The molecule has 0 saturated carbocycles. The van der Waals surface area contributed by atoms with Crippen molar-refractivity contribution in [1.29, 1.82) is 5.41 Å². The van der Waals surface area contributed by atoms with Crippen LogP contribution in [0.5, 0.6) is 5.75 Å². The first-order chi connectivity index (χ1) is 19.8. The molecular weight excluding hydrogens is 569 g/mol. The summed E-state index contributed by atoms with van der Waals surface area (Å²) in [6.45, 7) is 4.44. The molecule has 0 spiro atoms. The summed E-state index contributed by atoms with van der Waals surface area (Å²) in [5.41, 5.74) is -0.337. The molecule has 42 heavy (non-hydrogen) atoms. The number of thiophene rings is 1. The number of amidine groups is 1. The summed E-state index contributed by atoms with van der Waals surface area (Å²) < 4.78 is 25.0. The van der Waals surface area contributed by atoms with Crippen molar-refractivity contribution < 1.29 is 38.1 Å². The highest BCUT2D eigenvalue weighted by molar-refractivity contribution is 7.10. The highest BCUT2D eigenvalue weighted by atomic mass is 32.1. The van der Waals surface area contributed by atoms with E-state index in [9.17, 15) is 28.7 Å². The second kappa shape index (κ2) is 14.7. The Hall–Kier alpha value is -4.04. The van der Waals surface area contributed by atoms with Crippen molar-refractivity contribution in [3.63, 3.8) is 0 Å². The van der Waals surface area contributed by atoms with Gasteiger partial charge >= 0.3 is 6.09 Å². The number of para-hydroxylation sites is 1. The smallest absolute Gasteiger partial charge is 0.413 e. The molecule has 12 nitrogen and oxygen atoms in total. The van der Waals surface area contributed by atoms with Crippen molar-refractivity contribution >= 4 is 41.0 Å². The molecule has 0 unspecified atom stereocenters. The van der Waals surface area contributed by atoms with E-state index in [2.05, 4.69) is 16.0 Å². The van der Waals surface area contributed by atoms with Crippen LogP contribution in [0.2, 0.25) is 0 Å². The number of hydrogen-bond donors (Lipinski definition) is 5. The Morgan fingerprint density at radius 1 is 1.17 bits per heavy atom. The second-order valence-electron chi connectivity index (χ2n) is 10.6. The van der Waals surface area contributed by atoms with Crippen LogP contribution >= 0.6 is 11.3 Å². The molecule has 5 N–H and O–H groups in total. The predicted octanol–water partition coefficient (Wildman–Crippen LogP) is 2.10. The number of nitrogens with zero attached hydrogens (tertiary/aromatic N) is 1. The van der Waals surface area contributed by atoms with E-state index in [1.165, 1.54) is 11.3 Å². The zero-order valence-electron chi connectivity index (χ0n) is 23.6. The van der Waals surface area contributed by atoms with E-state index in [1.54, 1.807) is 44.4 Å². The average Bonchev–Trinajstić information content (AvgIpc) is 3.52. The maximum atomic E-state index is 14.4. The number of carbonyl (C=O) groups excluding carboxylic acids is 4. The van der Waals surface area contributed by atoms with Gasteiger partial charge in [0.15, 0.2) is 0 Å². The van der Waals surface area contributed by atoms with E-state index in [4.69, 9.17) is 14.9 Å². The number of alkyl halides is 1. The molecule has 1 fully saturated rings. The monoisotopic (exact) mass is 605 g/mol. The fourth-order valence-electron chi connectivity index (χ4n) is 4.01. The van der Waals surface area contributed by atoms with Crippen molar-refractivity contribution in [1.82, 2.24) is 20.9 Å². The largest absolute Gasteiger partial charge is 0.494 e. The van der Waals surface area contributed by atoms with E-state index in [0.717, 1.165) is 4.90 Å². The molecule has 3 atom stereocenters. The predicted molar refractivity (Wildman–Crippen MR) is 153 cm³/mol. The van der Waals surface area contributed by atoms with Crippen LogP contribution in [0.15, 0.2) is 41.8 Å². The number of rotatable bonds is 11. The molecular formula is C28H36FN5O7S. The molecule has 0 radical (unpaired) electrons. The van der Waals surface area contributed by atoms with Gasteiger partial charge in [0.05, 0.1) is 26.2 Å². The highest BCUT2D eigenvalue weighted by Crippen LogP contribution is 2.22. The van der Waals surface area contributed by atoms with Crippen molar-refractivity contribution in [2.45, 2.75) is 64.1 Å². The van der Waals surface area contributed by atoms with Gasteiger partial charge < -0.3 is 30.1 Å². The van der Waals surface area contributed by atoms with Gasteiger partial charge in [-0.05, 0) is 45.4 Å². The molecule has 1 saturated heterocycles. The molecule has 0 bridgehead atoms. The minimum Gasteiger partial charge on any atom is -0.494 e. The first kappa shape index (κ1) is 32.5. The van der Waals surface area contributed by atoms with Gasteiger partial charge in [-0.25, -0.2) is 9.18 Å². The number of aliphatic hydroxyl groups excluding tert-OH is 1. The molecule has 1 aliphatic heterocycles. The van der Waals surface area contributed by atoms with Gasteiger partial charge in [0, 0.05) is 22.2 Å². The van der Waals surface area contributed by atoms with Crippen LogP contribution in [-0.2, 0) is 25.7 Å². The molecule has 4 amide bonds. The van der Waals surface area contributed by atoms with Crippen LogP contribution in [-0.4, -0.2) is 83.3 Å². The lowest BCUT2D eigenvalue weighted by atomic mass is 10.1. The number of likely N-dealkylation sites (tertiary alicyclic amines) is 1. The van der Waals surface area contributed by atoms with Crippen molar-refractivity contribution in [3.05, 3.63) is 52.2 Å². The molecule has 1 aromatic carbocycles. The summed E-state index contributed by atoms with van der Waals surface area (Å²) in [6, 6.07) is 9.22. The highest BCUT2D eigenvalue weighted by Gasteiger charge is 2.47. The van der Waals surface area contributed by atoms with Crippen LogP contribution in [0.3, 0.4) is 0 Å². The lowest BCUT2D eigenvalue weighted by molar-refractivity contribution is -0.140. The van der Waals surface area contributed by atoms with Gasteiger partial charge in [0.25, 0.3) is 0 Å². The summed E-state index contributed by atoms with van der Waals surface area (Å²) in [4.78, 5) is 51.3. The third kappa shape index (κ3) is 9.80. The van der Waals surface area contributed by atoms with Crippen molar-refractivity contribution in [3.8, 4) is 5.75 Å². The number of aliphatic hydroxyl groups is 1. The Bertz CT molecular complexity index is 1270. The third-order valence-electron chi connectivity index (χ3n) is 5.99. The third-order valence-corrected chi connectivity index (χ3v) is 6.93. The second-order valence-corrected chi connectivity index (χ2v) is 11.6. The topological polar surface area (TPSA) is 170 Å². The zero-order chi connectivity index (χ0) is 30.9. The SMILES string of the molecule is CC(C)(C)OC(=O)NC(=N)c1csc(CNC(=O)[C@@H]2[C@H](O)[C@@H](F)CN2C(=O)CNC(=O)CCCOc2ccccc2)c1. The van der Waals surface area contributed by atoms with Gasteiger partial charge in [-0.1, -0.05) is 18.2 Å². The lowest BCUT2D eigenvalue weighted by Gasteiger charge is -2.25. The number of halogens is 1. The molecule has 2 aromatic rings. The Balaban J connectivity index is 1.46. The first-order valence-electron chi connectivity index (χ1n) is 13.3. The van der Waals surface area contributed by atoms with Gasteiger partial charge in [0.2, 0.25) is 17.7 Å². The number of alkyl carbamates (subject to hydrolysis) is 1. The molecule has 3 rings (SSSR count).